The number of anilines is 1. The zero-order chi connectivity index (χ0) is 28.2. The Kier molecular flexibility index (Phi) is 4.55. The first-order chi connectivity index (χ1) is 20.5. The molecule has 0 amide bonds. The molecule has 5 aromatic carbocycles. The number of aromatic nitrogens is 1. The van der Waals surface area contributed by atoms with Crippen LogP contribution in [0.1, 0.15) is 12.5 Å². The van der Waals surface area contributed by atoms with E-state index >= 15 is 0 Å². The minimum absolute atomic E-state index is 0.282. The molecule has 9 rings (SSSR count). The van der Waals surface area contributed by atoms with Gasteiger partial charge < -0.3 is 24.9 Å². The molecule has 0 saturated carbocycles. The topological polar surface area (TPSA) is 83.2 Å². The highest BCUT2D eigenvalue weighted by Crippen LogP contribution is 2.48. The molecule has 0 bridgehead atoms. The van der Waals surface area contributed by atoms with E-state index in [1.54, 1.807) is 0 Å². The second kappa shape index (κ2) is 8.15. The summed E-state index contributed by atoms with van der Waals surface area (Å²) in [6.45, 7) is 2.25. The van der Waals surface area contributed by atoms with E-state index < -0.39 is 5.54 Å². The van der Waals surface area contributed by atoms with Crippen molar-refractivity contribution in [1.82, 2.24) is 4.57 Å². The maximum absolute atomic E-state index is 7.08. The Morgan fingerprint density at radius 3 is 2.36 bits per heavy atom. The van der Waals surface area contributed by atoms with Gasteiger partial charge >= 0.3 is 0 Å². The summed E-state index contributed by atoms with van der Waals surface area (Å²) >= 11 is 0. The maximum Gasteiger partial charge on any atom is 0.158 e. The zero-order valence-electron chi connectivity index (χ0n) is 23.0. The van der Waals surface area contributed by atoms with Gasteiger partial charge in [-0.2, -0.15) is 0 Å². The monoisotopic (exact) mass is 545 g/mol. The van der Waals surface area contributed by atoms with E-state index in [-0.39, 0.29) is 6.04 Å². The van der Waals surface area contributed by atoms with E-state index in [0.717, 1.165) is 76.8 Å². The van der Waals surface area contributed by atoms with E-state index in [9.17, 15) is 0 Å². The van der Waals surface area contributed by atoms with Crippen molar-refractivity contribution in [1.29, 1.82) is 0 Å². The molecule has 0 spiro atoms. The number of nitrogens with zero attached hydrogens (tertiary/aromatic N) is 1. The molecule has 0 saturated heterocycles. The van der Waals surface area contributed by atoms with Crippen molar-refractivity contribution in [2.45, 2.75) is 18.5 Å². The molecule has 8 aromatic rings. The third kappa shape index (κ3) is 2.90. The molecule has 0 fully saturated rings. The van der Waals surface area contributed by atoms with Crippen LogP contribution in [0.4, 0.5) is 5.69 Å². The third-order valence-corrected chi connectivity index (χ3v) is 9.26. The lowest BCUT2D eigenvalue weighted by atomic mass is 9.77. The summed E-state index contributed by atoms with van der Waals surface area (Å²) in [7, 11) is 0. The Hall–Kier alpha value is -5.26. The summed E-state index contributed by atoms with van der Waals surface area (Å²) in [5, 5.41) is 6.47. The van der Waals surface area contributed by atoms with Crippen LogP contribution in [0.25, 0.3) is 71.3 Å². The predicted molar refractivity (Wildman–Crippen MR) is 174 cm³/mol. The molecule has 5 nitrogen and oxygen atoms in total. The molecule has 0 aliphatic heterocycles. The molecule has 1 aliphatic rings. The first-order valence-electron chi connectivity index (χ1n) is 14.2. The summed E-state index contributed by atoms with van der Waals surface area (Å²) in [5.74, 6) is 0. The Balaban J connectivity index is 1.36. The SMILES string of the molecule is CC1(n2c3ccccc3c3c4oc5c(N)cccc5c4ccc32)C(c2ccc3oc4ccccc4c3c2)=CC=CC1N. The molecule has 42 heavy (non-hydrogen) atoms. The molecule has 2 unspecified atom stereocenters. The van der Waals surface area contributed by atoms with Crippen LogP contribution in [0.5, 0.6) is 0 Å². The fourth-order valence-electron chi connectivity index (χ4n) is 7.19. The number of furan rings is 2. The van der Waals surface area contributed by atoms with Crippen LogP contribution in [0, 0.1) is 0 Å². The molecule has 4 N–H and O–H groups in total. The Morgan fingerprint density at radius 1 is 0.690 bits per heavy atom. The van der Waals surface area contributed by atoms with Crippen molar-refractivity contribution in [3.05, 3.63) is 121 Å². The summed E-state index contributed by atoms with van der Waals surface area (Å²) in [5.41, 5.74) is 21.2. The molecular formula is C37H27N3O2. The smallest absolute Gasteiger partial charge is 0.158 e. The summed E-state index contributed by atoms with van der Waals surface area (Å²) < 4.78 is 15.1. The Labute approximate surface area is 240 Å². The Morgan fingerprint density at radius 2 is 1.45 bits per heavy atom. The second-order valence-electron chi connectivity index (χ2n) is 11.5. The second-order valence-corrected chi connectivity index (χ2v) is 11.5. The van der Waals surface area contributed by atoms with Crippen molar-refractivity contribution in [2.24, 2.45) is 5.73 Å². The van der Waals surface area contributed by atoms with Gasteiger partial charge in [-0.1, -0.05) is 72.8 Å². The maximum atomic E-state index is 7.08. The van der Waals surface area contributed by atoms with E-state index in [2.05, 4.69) is 103 Å². The largest absolute Gasteiger partial charge is 0.456 e. The standard InChI is InChI=1S/C37H27N3O2/c1-37(27(11-7-15-33(37)39)21-16-19-32-26(20-21)22-8-3-5-14-31(22)41-32)40-29-13-4-2-9-25(29)34-30(40)18-17-24-23-10-6-12-28(38)35(23)42-36(24)34/h2-20,33H,38-39H2,1H3. The average molecular weight is 546 g/mol. The van der Waals surface area contributed by atoms with Gasteiger partial charge in [0.05, 0.1) is 33.7 Å². The molecule has 3 aromatic heterocycles. The van der Waals surface area contributed by atoms with Crippen LogP contribution in [0.15, 0.2) is 124 Å². The lowest BCUT2D eigenvalue weighted by Gasteiger charge is -2.41. The minimum atomic E-state index is -0.609. The van der Waals surface area contributed by atoms with E-state index in [1.807, 2.05) is 24.3 Å². The van der Waals surface area contributed by atoms with Gasteiger partial charge in [-0.3, -0.25) is 0 Å². The van der Waals surface area contributed by atoms with Crippen LogP contribution in [-0.2, 0) is 5.54 Å². The lowest BCUT2D eigenvalue weighted by Crippen LogP contribution is -2.48. The van der Waals surface area contributed by atoms with Crippen molar-refractivity contribution < 1.29 is 8.83 Å². The number of hydrogen-bond donors (Lipinski definition) is 2. The van der Waals surface area contributed by atoms with Crippen LogP contribution in [0.3, 0.4) is 0 Å². The number of allylic oxidation sites excluding steroid dienone is 2. The van der Waals surface area contributed by atoms with Gasteiger partial charge in [-0.25, -0.2) is 0 Å². The number of benzene rings is 5. The van der Waals surface area contributed by atoms with Crippen LogP contribution < -0.4 is 11.5 Å². The molecule has 3 heterocycles. The number of fused-ring (bicyclic) bond motifs is 10. The summed E-state index contributed by atoms with van der Waals surface area (Å²) in [4.78, 5) is 0. The van der Waals surface area contributed by atoms with Crippen molar-refractivity contribution in [3.63, 3.8) is 0 Å². The van der Waals surface area contributed by atoms with Gasteiger partial charge in [-0.05, 0) is 60.5 Å². The van der Waals surface area contributed by atoms with E-state index in [1.165, 1.54) is 0 Å². The highest BCUT2D eigenvalue weighted by molar-refractivity contribution is 6.24. The number of para-hydroxylation sites is 3. The third-order valence-electron chi connectivity index (χ3n) is 9.26. The first-order valence-corrected chi connectivity index (χ1v) is 14.2. The van der Waals surface area contributed by atoms with Gasteiger partial charge in [0.15, 0.2) is 5.58 Å². The fourth-order valence-corrected chi connectivity index (χ4v) is 7.19. The lowest BCUT2D eigenvalue weighted by molar-refractivity contribution is 0.403. The molecule has 1 aliphatic carbocycles. The quantitative estimate of drug-likeness (QED) is 0.213. The van der Waals surface area contributed by atoms with Gasteiger partial charge in [0.1, 0.15) is 16.7 Å². The van der Waals surface area contributed by atoms with Crippen molar-refractivity contribution in [2.75, 3.05) is 5.73 Å². The number of nitrogen functional groups attached to an aromatic ring is 1. The number of rotatable bonds is 2. The minimum Gasteiger partial charge on any atom is -0.456 e. The molecular weight excluding hydrogens is 518 g/mol. The van der Waals surface area contributed by atoms with Crippen LogP contribution in [0.2, 0.25) is 0 Å². The molecule has 2 atom stereocenters. The molecule has 0 radical (unpaired) electrons. The van der Waals surface area contributed by atoms with E-state index in [4.69, 9.17) is 20.3 Å². The Bertz CT molecular complexity index is 2470. The van der Waals surface area contributed by atoms with Crippen molar-refractivity contribution >= 4 is 76.9 Å². The predicted octanol–water partition coefficient (Wildman–Crippen LogP) is 8.87. The van der Waals surface area contributed by atoms with Crippen LogP contribution >= 0.6 is 0 Å². The molecule has 202 valence electrons. The van der Waals surface area contributed by atoms with Gasteiger partial charge in [0.25, 0.3) is 0 Å². The van der Waals surface area contributed by atoms with Gasteiger partial charge in [0.2, 0.25) is 0 Å². The number of nitrogens with two attached hydrogens (primary N) is 2. The number of hydrogen-bond acceptors (Lipinski definition) is 4. The molecule has 5 heteroatoms. The van der Waals surface area contributed by atoms with Gasteiger partial charge in [-0.15, -0.1) is 0 Å². The van der Waals surface area contributed by atoms with E-state index in [0.29, 0.717) is 5.69 Å². The highest BCUT2D eigenvalue weighted by atomic mass is 16.3. The summed E-state index contributed by atoms with van der Waals surface area (Å²) in [6, 6.07) is 33.2. The van der Waals surface area contributed by atoms with Crippen molar-refractivity contribution in [3.8, 4) is 0 Å². The summed E-state index contributed by atoms with van der Waals surface area (Å²) in [6.07, 6.45) is 6.37. The average Bonchev–Trinajstić information content (AvgIpc) is 3.68. The highest BCUT2D eigenvalue weighted by Gasteiger charge is 2.41. The first kappa shape index (κ1) is 23.4. The zero-order valence-corrected chi connectivity index (χ0v) is 23.0. The van der Waals surface area contributed by atoms with Crippen LogP contribution in [-0.4, -0.2) is 10.6 Å². The van der Waals surface area contributed by atoms with Gasteiger partial charge in [0, 0.05) is 26.9 Å². The normalized spacial score (nSPS) is 19.2. The fraction of sp³-hybridized carbons (Fsp3) is 0.0811.